The second-order valence-electron chi connectivity index (χ2n) is 29.4. The molecule has 8 heterocycles. The number of nitrogens with one attached hydrogen (secondary N) is 4. The quantitative estimate of drug-likeness (QED) is 0.0816. The number of anilines is 4. The molecule has 4 aliphatic heterocycles. The maximum atomic E-state index is 12.2. The molecule has 12 aromatic rings. The van der Waals surface area contributed by atoms with Gasteiger partial charge in [0.15, 0.2) is 0 Å². The average molecular weight is 1490 g/mol. The van der Waals surface area contributed by atoms with Gasteiger partial charge >= 0.3 is 0 Å². The zero-order chi connectivity index (χ0) is 78.9. The Hall–Kier alpha value is -13.1. The second kappa shape index (κ2) is 34.2. The highest BCUT2D eigenvalue weighted by molar-refractivity contribution is 5.99. The van der Waals surface area contributed by atoms with Gasteiger partial charge in [0.2, 0.25) is 23.6 Å². The van der Waals surface area contributed by atoms with Crippen molar-refractivity contribution in [1.29, 1.82) is 0 Å². The predicted molar refractivity (Wildman–Crippen MR) is 454 cm³/mol. The Bertz CT molecular complexity index is 5770. The molecule has 8 aromatic carbocycles. The largest absolute Gasteiger partial charge is 0.326 e. The van der Waals surface area contributed by atoms with Crippen molar-refractivity contribution in [2.45, 2.75) is 105 Å². The van der Waals surface area contributed by atoms with Crippen LogP contribution in [0.4, 0.5) is 22.7 Å². The Morgan fingerprint density at radius 3 is 1.23 bits per heavy atom. The van der Waals surface area contributed by atoms with E-state index in [4.69, 9.17) is 0 Å². The SMILES string of the molecule is Cc1cc(-c2cc3c(cc2/C=C/c2ccccc2)NC(=O)CC3)cn(C)c1=O.Cc1cc(-c2ccc3c(c2/C=C/c2ccccc2)CCC(=O)N3)cn(C)c1=O.Cc1cc(-c2ccc3c(c2C(C)c2ccccc2)CCC(=O)N3)cn(C)c1=O.Cc1cc(-c2ccc3c(c2CCc2ccccc2)CCC(=O)N3)cn(C)c1=O. The third kappa shape index (κ3) is 17.6. The molecule has 4 aliphatic rings. The topological polar surface area (TPSA) is 204 Å². The lowest BCUT2D eigenvalue weighted by Crippen LogP contribution is -2.22. The number of hydrogen-bond acceptors (Lipinski definition) is 8. The second-order valence-corrected chi connectivity index (χ2v) is 29.4. The van der Waals surface area contributed by atoms with Crippen LogP contribution in [0.1, 0.15) is 128 Å². The number of fused-ring (bicyclic) bond motifs is 4. The van der Waals surface area contributed by atoms with Crippen molar-refractivity contribution < 1.29 is 19.2 Å². The first-order valence-corrected chi connectivity index (χ1v) is 38.1. The maximum absolute atomic E-state index is 12.2. The molecule has 4 aromatic heterocycles. The van der Waals surface area contributed by atoms with Gasteiger partial charge in [-0.15, -0.1) is 0 Å². The molecule has 0 bridgehead atoms. The van der Waals surface area contributed by atoms with Gasteiger partial charge in [0.25, 0.3) is 22.2 Å². The Morgan fingerprint density at radius 2 is 0.732 bits per heavy atom. The van der Waals surface area contributed by atoms with Crippen LogP contribution in [0.25, 0.3) is 68.8 Å². The maximum Gasteiger partial charge on any atom is 0.253 e. The number of pyridine rings is 4. The number of benzene rings is 8. The Kier molecular flexibility index (Phi) is 23.6. The zero-order valence-corrected chi connectivity index (χ0v) is 64.8. The molecule has 0 saturated heterocycles. The Morgan fingerprint density at radius 1 is 0.348 bits per heavy atom. The molecule has 4 N–H and O–H groups in total. The van der Waals surface area contributed by atoms with Gasteiger partial charge < -0.3 is 39.5 Å². The Labute approximate surface area is 652 Å². The third-order valence-corrected chi connectivity index (χ3v) is 21.4. The smallest absolute Gasteiger partial charge is 0.253 e. The molecule has 0 spiro atoms. The number of aromatic nitrogens is 4. The molecular weight excluding hydrogens is 1390 g/mol. The molecule has 1 atom stereocenters. The van der Waals surface area contributed by atoms with E-state index in [1.54, 1.807) is 46.5 Å². The summed E-state index contributed by atoms with van der Waals surface area (Å²) in [4.78, 5) is 96.0. The van der Waals surface area contributed by atoms with E-state index in [-0.39, 0.29) is 51.8 Å². The summed E-state index contributed by atoms with van der Waals surface area (Å²) in [6.45, 7) is 9.59. The minimum atomic E-state index is 0.00958. The molecule has 0 fully saturated rings. The zero-order valence-electron chi connectivity index (χ0n) is 64.8. The van der Waals surface area contributed by atoms with Crippen LogP contribution in [-0.4, -0.2) is 41.9 Å². The van der Waals surface area contributed by atoms with Gasteiger partial charge in [0.1, 0.15) is 0 Å². The summed E-state index contributed by atoms with van der Waals surface area (Å²) < 4.78 is 6.53. The van der Waals surface area contributed by atoms with Gasteiger partial charge in [0.05, 0.1) is 0 Å². The van der Waals surface area contributed by atoms with Crippen LogP contribution in [0, 0.1) is 27.7 Å². The molecule has 0 radical (unpaired) electrons. The Balaban J connectivity index is 0.000000131. The standard InChI is InChI=1S/2C24H24N2O2.2C24H22N2O2/c1-15-13-18(14-26(3)24(15)28)19-9-11-21-20(10-12-22(27)25-21)23(19)16(2)17-7-5-4-6-8-17;2*1-16-14-18(15-26(2)24(16)28)19-10-12-22-21(11-13-23(27)25-22)20(19)9-8-17-6-4-3-5-7-17;1-16-12-20(15-26(2)24(16)28)21-13-19-10-11-23(27)25-22(19)14-18(21)9-8-17-6-4-3-5-7-17/h4-9,11,13-14,16H,10,12H2,1-3H3,(H,25,27);3-7,10,12,14-15H,8-9,11,13H2,1-2H3,(H,25,27);3-10,12,14-15H,11,13H2,1-2H3,(H,25,27);3-9,12-15H,10-11H2,1-2H3,(H,25,27)/b;;2*9-8+. The summed E-state index contributed by atoms with van der Waals surface area (Å²) in [6.07, 6.45) is 22.6. The summed E-state index contributed by atoms with van der Waals surface area (Å²) >= 11 is 0. The number of rotatable bonds is 13. The molecule has 564 valence electrons. The van der Waals surface area contributed by atoms with E-state index >= 15 is 0 Å². The van der Waals surface area contributed by atoms with Crippen LogP contribution in [-0.2, 0) is 85.9 Å². The normalized spacial score (nSPS) is 13.6. The van der Waals surface area contributed by atoms with E-state index < -0.39 is 0 Å². The molecular formula is C96H92N8O8. The highest BCUT2D eigenvalue weighted by Gasteiger charge is 2.27. The van der Waals surface area contributed by atoms with Gasteiger partial charge in [-0.05, 0) is 232 Å². The van der Waals surface area contributed by atoms with Crippen LogP contribution in [0.3, 0.4) is 0 Å². The van der Waals surface area contributed by atoms with E-state index in [0.717, 1.165) is 144 Å². The summed E-state index contributed by atoms with van der Waals surface area (Å²) in [5, 5.41) is 12.0. The van der Waals surface area contributed by atoms with Crippen LogP contribution in [0.15, 0.2) is 238 Å². The fourth-order valence-electron chi connectivity index (χ4n) is 15.5. The van der Waals surface area contributed by atoms with Crippen molar-refractivity contribution in [2.75, 3.05) is 21.3 Å². The van der Waals surface area contributed by atoms with Crippen LogP contribution < -0.4 is 43.5 Å². The number of carbonyl (C=O) groups excluding carboxylic acids is 4. The molecule has 0 saturated carbocycles. The van der Waals surface area contributed by atoms with Crippen LogP contribution in [0.2, 0.25) is 0 Å². The lowest BCUT2D eigenvalue weighted by molar-refractivity contribution is -0.117. The predicted octanol–water partition coefficient (Wildman–Crippen LogP) is 17.3. The summed E-state index contributed by atoms with van der Waals surface area (Å²) in [6, 6.07) is 65.2. The van der Waals surface area contributed by atoms with Crippen molar-refractivity contribution in [2.24, 2.45) is 28.2 Å². The number of carbonyl (C=O) groups is 4. The van der Waals surface area contributed by atoms with Crippen molar-refractivity contribution in [1.82, 2.24) is 18.3 Å². The lowest BCUT2D eigenvalue weighted by Gasteiger charge is -2.27. The third-order valence-electron chi connectivity index (χ3n) is 21.4. The van der Waals surface area contributed by atoms with Gasteiger partial charge in [-0.1, -0.05) is 171 Å². The van der Waals surface area contributed by atoms with Crippen molar-refractivity contribution >= 4 is 70.7 Å². The molecule has 0 aliphatic carbocycles. The average Bonchev–Trinajstić information content (AvgIpc) is 0.893. The highest BCUT2D eigenvalue weighted by Crippen LogP contribution is 2.42. The summed E-state index contributed by atoms with van der Waals surface area (Å²) in [5.41, 5.74) is 28.9. The minimum Gasteiger partial charge on any atom is -0.326 e. The van der Waals surface area contributed by atoms with Crippen molar-refractivity contribution in [3.8, 4) is 44.5 Å². The van der Waals surface area contributed by atoms with Gasteiger partial charge in [-0.25, -0.2) is 0 Å². The highest BCUT2D eigenvalue weighted by atomic mass is 16.2. The van der Waals surface area contributed by atoms with E-state index in [1.165, 1.54) is 33.4 Å². The summed E-state index contributed by atoms with van der Waals surface area (Å²) in [7, 11) is 7.13. The first-order chi connectivity index (χ1) is 54.0. The van der Waals surface area contributed by atoms with Gasteiger partial charge in [-0.3, -0.25) is 38.4 Å². The van der Waals surface area contributed by atoms with Gasteiger partial charge in [-0.2, -0.15) is 0 Å². The number of nitrogens with zero attached hydrogens (tertiary/aromatic N) is 4. The van der Waals surface area contributed by atoms with E-state index in [9.17, 15) is 38.4 Å². The molecule has 16 nitrogen and oxygen atoms in total. The first kappa shape index (κ1) is 77.1. The van der Waals surface area contributed by atoms with Crippen molar-refractivity contribution in [3.05, 3.63) is 349 Å². The molecule has 16 rings (SSSR count). The lowest BCUT2D eigenvalue weighted by atomic mass is 9.81. The first-order valence-electron chi connectivity index (χ1n) is 38.1. The van der Waals surface area contributed by atoms with E-state index in [1.807, 2.05) is 168 Å². The molecule has 4 amide bonds. The van der Waals surface area contributed by atoms with Crippen LogP contribution >= 0.6 is 0 Å². The molecule has 1 unspecified atom stereocenters. The van der Waals surface area contributed by atoms with E-state index in [0.29, 0.717) is 43.2 Å². The van der Waals surface area contributed by atoms with Crippen LogP contribution in [0.5, 0.6) is 0 Å². The number of aryl methyl sites for hydroxylation is 10. The summed E-state index contributed by atoms with van der Waals surface area (Å²) in [5.74, 6) is 0.412. The molecule has 112 heavy (non-hydrogen) atoms. The monoisotopic (exact) mass is 1480 g/mol. The van der Waals surface area contributed by atoms with E-state index in [2.05, 4.69) is 131 Å². The molecule has 16 heteroatoms. The number of amides is 4. The fourth-order valence-corrected chi connectivity index (χ4v) is 15.5. The van der Waals surface area contributed by atoms with Gasteiger partial charge in [0, 0.05) is 130 Å². The fraction of sp³-hybridized carbons (Fsp3) is 0.208. The van der Waals surface area contributed by atoms with Crippen molar-refractivity contribution in [3.63, 3.8) is 0 Å². The minimum absolute atomic E-state index is 0.00958. The number of hydrogen-bond donors (Lipinski definition) is 4.